The SMILES string of the molecule is C[C@H]1CCc2c(ccc(-c3cnn(C4CCN(C5CN(C6CN(c7cccc8c7C(=O)N(C7CCC(=O)NC7=O)C8=O)C6)C5)CC4)c3)c2OC2CCC2)N1C(=O)C1CC1. The van der Waals surface area contributed by atoms with E-state index in [1.165, 1.54) is 12.0 Å². The van der Waals surface area contributed by atoms with E-state index in [0.29, 0.717) is 29.3 Å². The number of piperidine rings is 2. The molecule has 14 nitrogen and oxygen atoms in total. The van der Waals surface area contributed by atoms with E-state index in [9.17, 15) is 24.0 Å². The van der Waals surface area contributed by atoms with E-state index < -0.39 is 23.8 Å². The Balaban J connectivity index is 0.702. The van der Waals surface area contributed by atoms with E-state index in [0.717, 1.165) is 124 Å². The Morgan fingerprint density at radius 1 is 0.780 bits per heavy atom. The van der Waals surface area contributed by atoms with Crippen LogP contribution < -0.4 is 19.9 Å². The number of amides is 5. The highest BCUT2D eigenvalue weighted by Gasteiger charge is 2.48. The Kier molecular flexibility index (Phi) is 8.95. The monoisotopic (exact) mass is 800 g/mol. The fourth-order valence-electron chi connectivity index (χ4n) is 10.5. The number of anilines is 2. The number of likely N-dealkylation sites (tertiary alicyclic amines) is 2. The first-order valence-corrected chi connectivity index (χ1v) is 22.0. The molecule has 5 amide bonds. The van der Waals surface area contributed by atoms with Gasteiger partial charge in [0.05, 0.1) is 40.8 Å². The van der Waals surface area contributed by atoms with Crippen molar-refractivity contribution >= 4 is 40.9 Å². The number of nitrogens with one attached hydrogen (secondary N) is 1. The number of aromatic nitrogens is 2. The van der Waals surface area contributed by atoms with Gasteiger partial charge in [0.25, 0.3) is 11.8 Å². The van der Waals surface area contributed by atoms with Crippen LogP contribution in [-0.4, -0.2) is 124 Å². The van der Waals surface area contributed by atoms with Crippen LogP contribution in [0, 0.1) is 5.92 Å². The smallest absolute Gasteiger partial charge is 0.264 e. The number of carbonyl (C=O) groups excluding carboxylic acids is 5. The van der Waals surface area contributed by atoms with Crippen molar-refractivity contribution in [3.05, 3.63) is 59.4 Å². The molecule has 3 aromatic rings. The van der Waals surface area contributed by atoms with Gasteiger partial charge in [0.2, 0.25) is 17.7 Å². The second kappa shape index (κ2) is 14.3. The molecule has 0 spiro atoms. The zero-order valence-corrected chi connectivity index (χ0v) is 33.7. The van der Waals surface area contributed by atoms with Crippen LogP contribution in [0.2, 0.25) is 0 Å². The topological polar surface area (TPSA) is 141 Å². The molecule has 1 unspecified atom stereocenters. The van der Waals surface area contributed by atoms with Crippen LogP contribution in [0.1, 0.15) is 103 Å². The van der Waals surface area contributed by atoms with Crippen molar-refractivity contribution < 1.29 is 28.7 Å². The number of rotatable bonds is 9. The van der Waals surface area contributed by atoms with Crippen molar-refractivity contribution in [1.29, 1.82) is 0 Å². The number of benzene rings is 2. The minimum absolute atomic E-state index is 0.1000. The van der Waals surface area contributed by atoms with Crippen LogP contribution >= 0.6 is 0 Å². The molecule has 8 aliphatic rings. The third-order valence-corrected chi connectivity index (χ3v) is 14.6. The summed E-state index contributed by atoms with van der Waals surface area (Å²) in [5.74, 6) is -0.493. The average Bonchev–Trinajstić information content (AvgIpc) is 3.87. The third kappa shape index (κ3) is 6.27. The van der Waals surface area contributed by atoms with Crippen molar-refractivity contribution in [3.63, 3.8) is 0 Å². The molecule has 2 aliphatic carbocycles. The lowest BCUT2D eigenvalue weighted by Gasteiger charge is -2.55. The Morgan fingerprint density at radius 3 is 2.29 bits per heavy atom. The lowest BCUT2D eigenvalue weighted by atomic mass is 9.91. The van der Waals surface area contributed by atoms with Crippen LogP contribution in [0.4, 0.5) is 11.4 Å². The molecule has 1 N–H and O–H groups in total. The Morgan fingerprint density at radius 2 is 1.56 bits per heavy atom. The largest absolute Gasteiger partial charge is 0.489 e. The molecular formula is C45H52N8O6. The van der Waals surface area contributed by atoms with Gasteiger partial charge in [-0.05, 0) is 95.4 Å². The van der Waals surface area contributed by atoms with Crippen molar-refractivity contribution in [3.8, 4) is 16.9 Å². The van der Waals surface area contributed by atoms with Gasteiger partial charge in [-0.1, -0.05) is 6.07 Å². The van der Waals surface area contributed by atoms with Crippen LogP contribution in [0.3, 0.4) is 0 Å². The van der Waals surface area contributed by atoms with Crippen LogP contribution in [0.5, 0.6) is 5.75 Å². The fourth-order valence-corrected chi connectivity index (χ4v) is 10.5. The lowest BCUT2D eigenvalue weighted by molar-refractivity contribution is -0.136. The highest BCUT2D eigenvalue weighted by atomic mass is 16.5. The van der Waals surface area contributed by atoms with E-state index in [1.54, 1.807) is 12.1 Å². The van der Waals surface area contributed by atoms with E-state index in [1.807, 2.05) is 12.3 Å². The van der Waals surface area contributed by atoms with Gasteiger partial charge >= 0.3 is 0 Å². The number of hydrogen-bond donors (Lipinski definition) is 1. The van der Waals surface area contributed by atoms with E-state index in [4.69, 9.17) is 9.84 Å². The molecule has 6 aliphatic heterocycles. The summed E-state index contributed by atoms with van der Waals surface area (Å²) in [5.41, 5.74) is 5.81. The van der Waals surface area contributed by atoms with Gasteiger partial charge in [0.1, 0.15) is 11.8 Å². The van der Waals surface area contributed by atoms with Crippen molar-refractivity contribution in [2.75, 3.05) is 49.1 Å². The first-order valence-electron chi connectivity index (χ1n) is 22.0. The molecule has 59 heavy (non-hydrogen) atoms. The molecule has 0 radical (unpaired) electrons. The molecule has 1 aromatic heterocycles. The number of carbonyl (C=O) groups is 5. The highest BCUT2D eigenvalue weighted by molar-refractivity contribution is 6.25. The van der Waals surface area contributed by atoms with Gasteiger partial charge in [-0.2, -0.15) is 5.10 Å². The molecular weight excluding hydrogens is 749 g/mol. The fraction of sp³-hybridized carbons (Fsp3) is 0.556. The lowest BCUT2D eigenvalue weighted by Crippen LogP contribution is -2.70. The van der Waals surface area contributed by atoms with Crippen molar-refractivity contribution in [1.82, 2.24) is 29.8 Å². The summed E-state index contributed by atoms with van der Waals surface area (Å²) in [4.78, 5) is 75.1. The standard InChI is InChI=1S/C45H52N8O6/c1-26-8-11-34-36(52(26)43(56)27-9-10-27)13-12-33(41(34)59-32-4-2-5-32)28-20-46-51(21-28)29-16-18-48(19-17-29)30-22-49(23-30)31-24-50(25-31)37-7-3-6-35-40(37)45(58)53(44(35)57)38-14-15-39(54)47-42(38)55/h3,6-7,12-13,20-21,26-27,29-32,38H,2,4-5,8-11,14-19,22-25H2,1H3,(H,47,54,55)/t26-,38?/m0/s1. The Labute approximate surface area is 343 Å². The number of imide groups is 2. The van der Waals surface area contributed by atoms with Gasteiger partial charge < -0.3 is 14.5 Å². The minimum Gasteiger partial charge on any atom is -0.489 e. The van der Waals surface area contributed by atoms with Gasteiger partial charge in [0, 0.05) is 92.6 Å². The molecule has 2 aromatic carbocycles. The van der Waals surface area contributed by atoms with Gasteiger partial charge in [-0.15, -0.1) is 0 Å². The van der Waals surface area contributed by atoms with Crippen molar-refractivity contribution in [2.24, 2.45) is 5.92 Å². The molecule has 2 atom stereocenters. The normalized spacial score (nSPS) is 26.0. The molecule has 2 saturated carbocycles. The Hall–Kier alpha value is -5.08. The van der Waals surface area contributed by atoms with Crippen LogP contribution in [0.15, 0.2) is 42.7 Å². The molecule has 11 rings (SSSR count). The molecule has 4 saturated heterocycles. The summed E-state index contributed by atoms with van der Waals surface area (Å²) in [5, 5.41) is 7.19. The van der Waals surface area contributed by atoms with Crippen LogP contribution in [0.25, 0.3) is 11.1 Å². The van der Waals surface area contributed by atoms with Crippen molar-refractivity contribution in [2.45, 2.75) is 114 Å². The number of hydrogen-bond acceptors (Lipinski definition) is 10. The summed E-state index contributed by atoms with van der Waals surface area (Å²) < 4.78 is 8.94. The number of fused-ring (bicyclic) bond motifs is 2. The number of ether oxygens (including phenoxy) is 1. The van der Waals surface area contributed by atoms with E-state index >= 15 is 0 Å². The first-order chi connectivity index (χ1) is 28.7. The zero-order chi connectivity index (χ0) is 40.1. The van der Waals surface area contributed by atoms with E-state index in [-0.39, 0.29) is 42.7 Å². The quantitative estimate of drug-likeness (QED) is 0.314. The highest BCUT2D eigenvalue weighted by Crippen LogP contribution is 2.47. The van der Waals surface area contributed by atoms with Gasteiger partial charge in [0.15, 0.2) is 0 Å². The molecule has 308 valence electrons. The van der Waals surface area contributed by atoms with E-state index in [2.05, 4.69) is 54.9 Å². The minimum atomic E-state index is -0.969. The molecule has 6 fully saturated rings. The third-order valence-electron chi connectivity index (χ3n) is 14.6. The molecule has 7 heterocycles. The maximum atomic E-state index is 13.6. The van der Waals surface area contributed by atoms with Gasteiger partial charge in [-0.25, -0.2) is 0 Å². The predicted octanol–water partition coefficient (Wildman–Crippen LogP) is 4.17. The maximum Gasteiger partial charge on any atom is 0.264 e. The van der Waals surface area contributed by atoms with Crippen LogP contribution in [-0.2, 0) is 20.8 Å². The Bertz CT molecular complexity index is 2240. The predicted molar refractivity (Wildman–Crippen MR) is 218 cm³/mol. The number of nitrogens with zero attached hydrogens (tertiary/aromatic N) is 7. The molecule has 14 heteroatoms. The second-order valence-electron chi connectivity index (χ2n) is 18.3. The summed E-state index contributed by atoms with van der Waals surface area (Å²) in [6.45, 7) is 7.84. The second-order valence-corrected chi connectivity index (χ2v) is 18.3. The average molecular weight is 801 g/mol. The summed E-state index contributed by atoms with van der Waals surface area (Å²) >= 11 is 0. The molecule has 0 bridgehead atoms. The summed E-state index contributed by atoms with van der Waals surface area (Å²) in [6.07, 6.45) is 14.0. The van der Waals surface area contributed by atoms with Gasteiger partial charge in [-0.3, -0.25) is 48.7 Å². The summed E-state index contributed by atoms with van der Waals surface area (Å²) in [7, 11) is 0. The first kappa shape index (κ1) is 37.0. The summed E-state index contributed by atoms with van der Waals surface area (Å²) in [6, 6.07) is 10.1. The maximum absolute atomic E-state index is 13.6. The zero-order valence-electron chi connectivity index (χ0n) is 33.7.